The molecule has 10 heteroatoms. The largest absolute Gasteiger partial charge is 0.497 e. The molecule has 0 N–H and O–H groups in total. The van der Waals surface area contributed by atoms with E-state index in [9.17, 15) is 0 Å². The second-order valence-electron chi connectivity index (χ2n) is 14.0. The summed E-state index contributed by atoms with van der Waals surface area (Å²) in [6.07, 6.45) is -1.73. The predicted octanol–water partition coefficient (Wildman–Crippen LogP) is 9.44. The Bertz CT molecular complexity index is 1400. The Morgan fingerprint density at radius 3 is 1.29 bits per heavy atom. The summed E-state index contributed by atoms with van der Waals surface area (Å²) in [5, 5.41) is 0. The van der Waals surface area contributed by atoms with Gasteiger partial charge in [0, 0.05) is 0 Å². The molecule has 0 aromatic heterocycles. The van der Waals surface area contributed by atoms with Crippen molar-refractivity contribution in [1.82, 2.24) is 0 Å². The molecule has 3 aromatic rings. The minimum absolute atomic E-state index is 0.295. The lowest BCUT2D eigenvalue weighted by molar-refractivity contribution is -0.251. The van der Waals surface area contributed by atoms with Gasteiger partial charge in [0.05, 0.1) is 47.8 Å². The van der Waals surface area contributed by atoms with Gasteiger partial charge in [0.25, 0.3) is 0 Å². The Morgan fingerprint density at radius 1 is 0.569 bits per heavy atom. The van der Waals surface area contributed by atoms with Crippen LogP contribution < -0.4 is 14.2 Å². The minimum Gasteiger partial charge on any atom is -0.497 e. The fourth-order valence-corrected chi connectivity index (χ4v) is 13.8. The molecule has 8 nitrogen and oxygen atoms in total. The standard InChI is InChI=1S/C41H60O8SSi/c1-11-50-41-40(47-26-33-16-22-36(44-10)23-17-33)39(46-25-32-14-20-35(43-9)21-15-32)38(45-24-31-12-18-34(42-8)19-13-31)37(49-41)27-48-51(28(2)3,29(4)5)30(6)7/h12-23,28-30,37-41H,11,24-27H2,1-10H3/t37-,38-,39+,40-,41+/m1/s1. The van der Waals surface area contributed by atoms with Crippen LogP contribution in [0.4, 0.5) is 0 Å². The lowest BCUT2D eigenvalue weighted by Gasteiger charge is -2.48. The molecule has 1 aliphatic heterocycles. The number of ether oxygens (including phenoxy) is 7. The molecule has 0 saturated carbocycles. The Morgan fingerprint density at radius 2 is 0.941 bits per heavy atom. The molecular weight excluding hydrogens is 681 g/mol. The normalized spacial score (nSPS) is 21.0. The van der Waals surface area contributed by atoms with Crippen LogP contribution in [-0.4, -0.2) is 71.9 Å². The molecule has 0 spiro atoms. The molecule has 1 saturated heterocycles. The van der Waals surface area contributed by atoms with E-state index in [1.54, 1.807) is 33.1 Å². The summed E-state index contributed by atoms with van der Waals surface area (Å²) in [7, 11) is 2.80. The molecule has 5 atom stereocenters. The Balaban J connectivity index is 1.72. The first-order valence-electron chi connectivity index (χ1n) is 18.2. The summed E-state index contributed by atoms with van der Waals surface area (Å²) >= 11 is 1.73. The van der Waals surface area contributed by atoms with Gasteiger partial charge in [-0.1, -0.05) is 84.9 Å². The maximum atomic E-state index is 7.20. The van der Waals surface area contributed by atoms with Crippen LogP contribution in [0.3, 0.4) is 0 Å². The molecule has 1 fully saturated rings. The second-order valence-corrected chi connectivity index (χ2v) is 20.8. The van der Waals surface area contributed by atoms with E-state index >= 15 is 0 Å². The monoisotopic (exact) mass is 740 g/mol. The van der Waals surface area contributed by atoms with Crippen LogP contribution in [0, 0.1) is 0 Å². The van der Waals surface area contributed by atoms with Crippen molar-refractivity contribution < 1.29 is 37.6 Å². The number of benzene rings is 3. The van der Waals surface area contributed by atoms with Crippen LogP contribution in [0.25, 0.3) is 0 Å². The van der Waals surface area contributed by atoms with Crippen molar-refractivity contribution in [1.29, 1.82) is 0 Å². The highest BCUT2D eigenvalue weighted by Crippen LogP contribution is 2.43. The van der Waals surface area contributed by atoms with Gasteiger partial charge in [0.1, 0.15) is 47.1 Å². The van der Waals surface area contributed by atoms with Gasteiger partial charge in [-0.05, 0) is 75.5 Å². The maximum absolute atomic E-state index is 7.20. The molecule has 1 heterocycles. The first-order chi connectivity index (χ1) is 24.6. The molecule has 3 aromatic carbocycles. The van der Waals surface area contributed by atoms with E-state index in [0.717, 1.165) is 39.7 Å². The quantitative estimate of drug-likeness (QED) is 0.105. The topological polar surface area (TPSA) is 73.8 Å². The minimum atomic E-state index is -2.22. The third-order valence-corrected chi connectivity index (χ3v) is 17.1. The predicted molar refractivity (Wildman–Crippen MR) is 209 cm³/mol. The Hall–Kier alpha value is -2.57. The average Bonchev–Trinajstić information content (AvgIpc) is 3.13. The number of methoxy groups -OCH3 is 3. The highest BCUT2D eigenvalue weighted by Gasteiger charge is 2.51. The third kappa shape index (κ3) is 10.7. The second kappa shape index (κ2) is 20.0. The maximum Gasteiger partial charge on any atom is 0.200 e. The van der Waals surface area contributed by atoms with Crippen LogP contribution >= 0.6 is 11.8 Å². The molecule has 0 amide bonds. The fraction of sp³-hybridized carbons (Fsp3) is 0.561. The van der Waals surface area contributed by atoms with Gasteiger partial charge < -0.3 is 37.6 Å². The molecule has 1 aliphatic rings. The molecule has 0 unspecified atom stereocenters. The first-order valence-corrected chi connectivity index (χ1v) is 21.4. The van der Waals surface area contributed by atoms with Crippen molar-refractivity contribution in [3.63, 3.8) is 0 Å². The van der Waals surface area contributed by atoms with Gasteiger partial charge in [-0.25, -0.2) is 0 Å². The van der Waals surface area contributed by atoms with Crippen LogP contribution in [0.1, 0.15) is 65.2 Å². The number of thioether (sulfide) groups is 1. The number of rotatable bonds is 20. The molecule has 0 bridgehead atoms. The average molecular weight is 741 g/mol. The van der Waals surface area contributed by atoms with E-state index in [1.807, 2.05) is 72.8 Å². The number of hydrogen-bond acceptors (Lipinski definition) is 9. The lowest BCUT2D eigenvalue weighted by Crippen LogP contribution is -2.61. The van der Waals surface area contributed by atoms with Gasteiger partial charge in [-0.2, -0.15) is 0 Å². The van der Waals surface area contributed by atoms with E-state index in [2.05, 4.69) is 48.5 Å². The molecule has 51 heavy (non-hydrogen) atoms. The van der Waals surface area contributed by atoms with Crippen molar-refractivity contribution in [3.8, 4) is 17.2 Å². The molecule has 0 aliphatic carbocycles. The van der Waals surface area contributed by atoms with Crippen molar-refractivity contribution in [3.05, 3.63) is 89.5 Å². The summed E-state index contributed by atoms with van der Waals surface area (Å²) in [5.41, 5.74) is 4.10. The van der Waals surface area contributed by atoms with Gasteiger partial charge in [-0.3, -0.25) is 0 Å². The van der Waals surface area contributed by atoms with Crippen LogP contribution in [0.5, 0.6) is 17.2 Å². The summed E-state index contributed by atoms with van der Waals surface area (Å²) in [4.78, 5) is 0. The summed E-state index contributed by atoms with van der Waals surface area (Å²) < 4.78 is 51.1. The zero-order chi connectivity index (χ0) is 37.0. The van der Waals surface area contributed by atoms with E-state index in [4.69, 9.17) is 37.6 Å². The zero-order valence-electron chi connectivity index (χ0n) is 32.3. The van der Waals surface area contributed by atoms with Gasteiger partial charge in [-0.15, -0.1) is 11.8 Å². The van der Waals surface area contributed by atoms with Crippen molar-refractivity contribution in [2.24, 2.45) is 0 Å². The smallest absolute Gasteiger partial charge is 0.200 e. The van der Waals surface area contributed by atoms with E-state index in [-0.39, 0.29) is 11.5 Å². The highest BCUT2D eigenvalue weighted by molar-refractivity contribution is 7.99. The van der Waals surface area contributed by atoms with E-state index in [0.29, 0.717) is 43.1 Å². The lowest BCUT2D eigenvalue weighted by atomic mass is 9.99. The van der Waals surface area contributed by atoms with Crippen LogP contribution in [0.2, 0.25) is 16.6 Å². The molecule has 282 valence electrons. The summed E-state index contributed by atoms with van der Waals surface area (Å²) in [6, 6.07) is 23.9. The zero-order valence-corrected chi connectivity index (χ0v) is 34.1. The SMILES string of the molecule is CCS[C@@H]1O[C@H](CO[Si](C(C)C)(C(C)C)C(C)C)[C@@H](OCc2ccc(OC)cc2)[C@H](OCc2ccc(OC)cc2)[C@H]1OCc1ccc(OC)cc1. The fourth-order valence-electron chi connectivity index (χ4n) is 7.35. The first kappa shape index (κ1) is 41.2. The highest BCUT2D eigenvalue weighted by atomic mass is 32.2. The Labute approximate surface area is 311 Å². The molecule has 0 radical (unpaired) electrons. The van der Waals surface area contributed by atoms with Crippen molar-refractivity contribution in [2.45, 2.75) is 115 Å². The van der Waals surface area contributed by atoms with Gasteiger partial charge >= 0.3 is 0 Å². The molecule has 4 rings (SSSR count). The third-order valence-electron chi connectivity index (χ3n) is 9.93. The van der Waals surface area contributed by atoms with Crippen LogP contribution in [0.15, 0.2) is 72.8 Å². The van der Waals surface area contributed by atoms with Crippen molar-refractivity contribution >= 4 is 20.1 Å². The van der Waals surface area contributed by atoms with Gasteiger partial charge in [0.2, 0.25) is 0 Å². The molecular formula is C41H60O8SSi. The van der Waals surface area contributed by atoms with E-state index < -0.39 is 26.6 Å². The van der Waals surface area contributed by atoms with Crippen LogP contribution in [-0.2, 0) is 43.2 Å². The van der Waals surface area contributed by atoms with Gasteiger partial charge in [0.15, 0.2) is 8.32 Å². The van der Waals surface area contributed by atoms with Crippen molar-refractivity contribution in [2.75, 3.05) is 33.7 Å². The van der Waals surface area contributed by atoms with E-state index in [1.165, 1.54) is 0 Å². The summed E-state index contributed by atoms with van der Waals surface area (Å²) in [5.74, 6) is 3.26. The number of hydrogen-bond donors (Lipinski definition) is 0. The Kier molecular flexibility index (Phi) is 16.2. The summed E-state index contributed by atoms with van der Waals surface area (Å²) in [6.45, 7) is 17.6.